The fourth-order valence-electron chi connectivity index (χ4n) is 11.1. The second kappa shape index (κ2) is 13.8. The van der Waals surface area contributed by atoms with Crippen molar-refractivity contribution in [3.05, 3.63) is 174 Å². The lowest BCUT2D eigenvalue weighted by molar-refractivity contribution is 0.590. The summed E-state index contributed by atoms with van der Waals surface area (Å²) in [5, 5.41) is 10.5. The van der Waals surface area contributed by atoms with Crippen molar-refractivity contribution < 1.29 is 0 Å². The van der Waals surface area contributed by atoms with E-state index >= 15 is 0 Å². The monoisotopic (exact) mass is 885 g/mol. The minimum absolute atomic E-state index is 0.0458. The molecule has 0 unspecified atom stereocenters. The molecule has 1 radical (unpaired) electrons. The zero-order chi connectivity index (χ0) is 45.0. The first kappa shape index (κ1) is 39.9. The maximum absolute atomic E-state index is 3.98. The summed E-state index contributed by atoms with van der Waals surface area (Å²) < 4.78 is 6.52. The first-order chi connectivity index (χ1) is 31.7. The summed E-state index contributed by atoms with van der Waals surface area (Å²) in [5.74, 6) is 0. The highest BCUT2D eigenvalue weighted by Gasteiger charge is 2.37. The standard InChI is InChI=1S/C61H50BN2S2/c1-59(2,3)36-18-21-38(22-19-36)63-50-32-56-46(45-28-37(60(4,5)6)20-25-53(45)65-56)29-43(50)40-23-24-41-44-30-48-42(39-16-12-13-17-47(39)61(48,7)8)31-51(44)64-52-33-55-35(26-49(52)62-57(40)58(41)64)27-54(66-55)34-14-10-9-11-15-34/h9-33,63H,1-8H3. The molecule has 2 aliphatic rings. The molecule has 11 aromatic rings. The Labute approximate surface area is 395 Å². The van der Waals surface area contributed by atoms with Crippen molar-refractivity contribution in [3.63, 3.8) is 0 Å². The van der Waals surface area contributed by atoms with E-state index < -0.39 is 0 Å². The van der Waals surface area contributed by atoms with Crippen molar-refractivity contribution in [2.24, 2.45) is 0 Å². The van der Waals surface area contributed by atoms with Crippen LogP contribution in [0.25, 0.3) is 90.4 Å². The molecule has 3 aromatic heterocycles. The van der Waals surface area contributed by atoms with Crippen molar-refractivity contribution in [2.75, 3.05) is 5.32 Å². The minimum Gasteiger partial charge on any atom is -0.355 e. The van der Waals surface area contributed by atoms with Crippen LogP contribution in [0.4, 0.5) is 11.4 Å². The van der Waals surface area contributed by atoms with Gasteiger partial charge >= 0.3 is 0 Å². The van der Waals surface area contributed by atoms with Crippen LogP contribution < -0.4 is 16.2 Å². The maximum Gasteiger partial charge on any atom is 0.197 e. The molecule has 4 heterocycles. The largest absolute Gasteiger partial charge is 0.355 e. The zero-order valence-corrected chi connectivity index (χ0v) is 40.4. The van der Waals surface area contributed by atoms with E-state index in [-0.39, 0.29) is 16.2 Å². The zero-order valence-electron chi connectivity index (χ0n) is 38.8. The van der Waals surface area contributed by atoms with Crippen LogP contribution in [0.3, 0.4) is 0 Å². The summed E-state index contributed by atoms with van der Waals surface area (Å²) in [7, 11) is 2.49. The number of nitrogens with zero attached hydrogens (tertiary/aromatic N) is 1. The summed E-state index contributed by atoms with van der Waals surface area (Å²) in [6.07, 6.45) is 0. The molecule has 1 aliphatic heterocycles. The highest BCUT2D eigenvalue weighted by Crippen LogP contribution is 2.52. The van der Waals surface area contributed by atoms with Gasteiger partial charge in [-0.25, -0.2) is 0 Å². The van der Waals surface area contributed by atoms with Crippen LogP contribution >= 0.6 is 22.7 Å². The minimum atomic E-state index is -0.101. The average Bonchev–Trinajstić information content (AvgIpc) is 4.03. The molecule has 1 N–H and O–H groups in total. The maximum atomic E-state index is 3.98. The van der Waals surface area contributed by atoms with Crippen molar-refractivity contribution in [1.82, 2.24) is 4.57 Å². The average molecular weight is 886 g/mol. The third-order valence-corrected chi connectivity index (χ3v) is 17.0. The van der Waals surface area contributed by atoms with Crippen molar-refractivity contribution in [1.29, 1.82) is 0 Å². The van der Waals surface area contributed by atoms with E-state index in [1.54, 1.807) is 0 Å². The Bertz CT molecular complexity index is 3850. The quantitative estimate of drug-likeness (QED) is 0.174. The van der Waals surface area contributed by atoms with Crippen molar-refractivity contribution in [2.45, 2.75) is 71.6 Å². The molecule has 0 saturated carbocycles. The highest BCUT2D eigenvalue weighted by atomic mass is 32.1. The van der Waals surface area contributed by atoms with Gasteiger partial charge in [0.15, 0.2) is 7.28 Å². The van der Waals surface area contributed by atoms with Crippen molar-refractivity contribution in [3.8, 4) is 38.4 Å². The molecule has 2 nitrogen and oxygen atoms in total. The van der Waals surface area contributed by atoms with Gasteiger partial charge in [0.25, 0.3) is 0 Å². The number of nitrogens with one attached hydrogen (secondary N) is 1. The van der Waals surface area contributed by atoms with Gasteiger partial charge in [0.2, 0.25) is 0 Å². The molecular weight excluding hydrogens is 836 g/mol. The number of anilines is 2. The molecule has 13 rings (SSSR count). The summed E-state index contributed by atoms with van der Waals surface area (Å²) in [4.78, 5) is 1.29. The van der Waals surface area contributed by atoms with Gasteiger partial charge in [0.1, 0.15) is 0 Å². The lowest BCUT2D eigenvalue weighted by Gasteiger charge is -2.24. The van der Waals surface area contributed by atoms with E-state index in [1.165, 1.54) is 124 Å². The highest BCUT2D eigenvalue weighted by molar-refractivity contribution is 7.25. The fourth-order valence-corrected chi connectivity index (χ4v) is 13.3. The van der Waals surface area contributed by atoms with E-state index in [9.17, 15) is 0 Å². The third-order valence-electron chi connectivity index (χ3n) is 14.7. The SMILES string of the molecule is CC(C)(C)c1ccc(Nc2cc3sc4ccc(C(C)(C)C)cc4c3cc2-c2ccc3c4cc5c(cc4n4c3c2[B]c2cc3cc(-c6ccccc6)sc3cc2-4)-c2ccccc2C5(C)C)cc1. The van der Waals surface area contributed by atoms with Gasteiger partial charge in [0.05, 0.1) is 5.52 Å². The van der Waals surface area contributed by atoms with Crippen LogP contribution in [0.5, 0.6) is 0 Å². The van der Waals surface area contributed by atoms with Gasteiger partial charge < -0.3 is 9.88 Å². The molecule has 0 bridgehead atoms. The summed E-state index contributed by atoms with van der Waals surface area (Å²) >= 11 is 3.78. The Balaban J connectivity index is 1.09. The van der Waals surface area contributed by atoms with Crippen LogP contribution in [0, 0.1) is 0 Å². The first-order valence-electron chi connectivity index (χ1n) is 23.3. The number of benzene rings is 8. The second-order valence-electron chi connectivity index (χ2n) is 21.3. The van der Waals surface area contributed by atoms with E-state index in [1.807, 2.05) is 22.7 Å². The van der Waals surface area contributed by atoms with Crippen LogP contribution in [-0.2, 0) is 16.2 Å². The number of hydrogen-bond acceptors (Lipinski definition) is 3. The van der Waals surface area contributed by atoms with E-state index in [4.69, 9.17) is 0 Å². The third kappa shape index (κ3) is 5.92. The fraction of sp³-hybridized carbons (Fsp3) is 0.180. The molecule has 0 atom stereocenters. The second-order valence-corrected chi connectivity index (χ2v) is 23.5. The number of hydrogen-bond donors (Lipinski definition) is 1. The Morgan fingerprint density at radius 1 is 0.530 bits per heavy atom. The van der Waals surface area contributed by atoms with Gasteiger partial charge in [-0.15, -0.1) is 22.7 Å². The smallest absolute Gasteiger partial charge is 0.197 e. The van der Waals surface area contributed by atoms with E-state index in [2.05, 4.69) is 224 Å². The molecule has 319 valence electrons. The predicted octanol–water partition coefficient (Wildman–Crippen LogP) is 16.3. The Morgan fingerprint density at radius 2 is 1.27 bits per heavy atom. The molecule has 0 saturated heterocycles. The molecule has 8 aromatic carbocycles. The topological polar surface area (TPSA) is 17.0 Å². The van der Waals surface area contributed by atoms with Crippen molar-refractivity contribution >= 4 is 104 Å². The number of fused-ring (bicyclic) bond motifs is 12. The lowest BCUT2D eigenvalue weighted by atomic mass is 9.59. The number of rotatable bonds is 4. The summed E-state index contributed by atoms with van der Waals surface area (Å²) in [5.41, 5.74) is 20.4. The van der Waals surface area contributed by atoms with Crippen LogP contribution in [-0.4, -0.2) is 11.8 Å². The van der Waals surface area contributed by atoms with Gasteiger partial charge in [-0.2, -0.15) is 0 Å². The number of thiophene rings is 2. The predicted molar refractivity (Wildman–Crippen MR) is 290 cm³/mol. The Morgan fingerprint density at radius 3 is 2.06 bits per heavy atom. The van der Waals surface area contributed by atoms with E-state index in [0.717, 1.165) is 11.4 Å². The van der Waals surface area contributed by atoms with E-state index in [0.29, 0.717) is 0 Å². The van der Waals surface area contributed by atoms with Crippen LogP contribution in [0.1, 0.15) is 77.6 Å². The molecule has 0 fully saturated rings. The molecule has 0 amide bonds. The van der Waals surface area contributed by atoms with Gasteiger partial charge in [-0.3, -0.25) is 0 Å². The van der Waals surface area contributed by atoms with Crippen LogP contribution in [0.2, 0.25) is 0 Å². The van der Waals surface area contributed by atoms with Gasteiger partial charge in [-0.05, 0) is 127 Å². The Hall–Kier alpha value is -6.40. The van der Waals surface area contributed by atoms with Gasteiger partial charge in [-0.1, -0.05) is 152 Å². The summed E-state index contributed by atoms with van der Waals surface area (Å²) in [6, 6.07) is 58.1. The molecule has 5 heteroatoms. The van der Waals surface area contributed by atoms with Crippen LogP contribution in [0.15, 0.2) is 152 Å². The Kier molecular flexibility index (Phi) is 8.36. The molecular formula is C61H50BN2S2. The molecule has 1 aliphatic carbocycles. The molecule has 0 spiro atoms. The van der Waals surface area contributed by atoms with Gasteiger partial charge in [0, 0.05) is 74.1 Å². The first-order valence-corrected chi connectivity index (χ1v) is 24.9. The molecule has 66 heavy (non-hydrogen) atoms. The lowest BCUT2D eigenvalue weighted by Crippen LogP contribution is -2.37. The summed E-state index contributed by atoms with van der Waals surface area (Å²) in [6.45, 7) is 18.6. The normalized spacial score (nSPS) is 14.0. The number of aromatic nitrogens is 1.